The van der Waals surface area contributed by atoms with Crippen molar-refractivity contribution in [3.8, 4) is 0 Å². The second-order valence-corrected chi connectivity index (χ2v) is 5.81. The Balaban J connectivity index is 2.17. The number of benzene rings is 2. The van der Waals surface area contributed by atoms with Gasteiger partial charge >= 0.3 is 0 Å². The van der Waals surface area contributed by atoms with E-state index in [9.17, 15) is 13.6 Å². The highest BCUT2D eigenvalue weighted by Gasteiger charge is 2.22. The molecule has 2 aromatic carbocycles. The fourth-order valence-corrected chi connectivity index (χ4v) is 2.51. The molecule has 2 unspecified atom stereocenters. The van der Waals surface area contributed by atoms with E-state index in [-0.39, 0.29) is 17.5 Å². The molecule has 2 rings (SSSR count). The Bertz CT molecular complexity index is 663. The van der Waals surface area contributed by atoms with Gasteiger partial charge in [0.15, 0.2) is 11.6 Å². The largest absolute Gasteiger partial charge is 0.349 e. The van der Waals surface area contributed by atoms with Crippen molar-refractivity contribution < 1.29 is 13.6 Å². The van der Waals surface area contributed by atoms with Gasteiger partial charge in [0.2, 0.25) is 0 Å². The van der Waals surface area contributed by atoms with Crippen LogP contribution in [0.2, 0.25) is 0 Å². The molecule has 0 bridgehead atoms. The lowest BCUT2D eigenvalue weighted by Crippen LogP contribution is -2.42. The highest BCUT2D eigenvalue weighted by molar-refractivity contribution is 6.18. The number of nitrogens with one attached hydrogen (secondary N) is 1. The number of rotatable bonds is 6. The molecule has 0 fully saturated rings. The number of halogens is 3. The first kappa shape index (κ1) is 17.4. The van der Waals surface area contributed by atoms with Crippen LogP contribution in [0, 0.1) is 17.6 Å². The van der Waals surface area contributed by atoms with E-state index in [0.29, 0.717) is 12.3 Å². The molecule has 0 heterocycles. The van der Waals surface area contributed by atoms with Crippen molar-refractivity contribution in [3.05, 3.63) is 71.3 Å². The van der Waals surface area contributed by atoms with Gasteiger partial charge in [-0.2, -0.15) is 0 Å². The first-order valence-corrected chi connectivity index (χ1v) is 7.91. The lowest BCUT2D eigenvalue weighted by Gasteiger charge is -2.24. The highest BCUT2D eigenvalue weighted by Crippen LogP contribution is 2.15. The summed E-state index contributed by atoms with van der Waals surface area (Å²) in [6, 6.07) is 12.9. The fraction of sp³-hybridized carbons (Fsp3) is 0.278. The van der Waals surface area contributed by atoms with Crippen molar-refractivity contribution in [2.24, 2.45) is 5.92 Å². The third-order valence-electron chi connectivity index (χ3n) is 3.74. The number of amides is 1. The van der Waals surface area contributed by atoms with Gasteiger partial charge in [-0.05, 0) is 30.0 Å². The number of hydrogen-bond donors (Lipinski definition) is 1. The Kier molecular flexibility index (Phi) is 6.11. The quantitative estimate of drug-likeness (QED) is 0.787. The van der Waals surface area contributed by atoms with Crippen LogP contribution in [0.15, 0.2) is 48.5 Å². The average Bonchev–Trinajstić information content (AvgIpc) is 2.56. The van der Waals surface area contributed by atoms with Crippen molar-refractivity contribution in [1.29, 1.82) is 0 Å². The van der Waals surface area contributed by atoms with E-state index in [1.807, 2.05) is 37.3 Å². The zero-order valence-corrected chi connectivity index (χ0v) is 13.5. The van der Waals surface area contributed by atoms with Crippen LogP contribution in [0.1, 0.15) is 22.8 Å². The normalized spacial score (nSPS) is 13.4. The van der Waals surface area contributed by atoms with Gasteiger partial charge in [-0.15, -0.1) is 11.6 Å². The highest BCUT2D eigenvalue weighted by atomic mass is 35.5. The molecular weight excluding hydrogens is 320 g/mol. The van der Waals surface area contributed by atoms with Crippen LogP contribution in [0.5, 0.6) is 0 Å². The summed E-state index contributed by atoms with van der Waals surface area (Å²) in [5.74, 6) is -2.48. The number of hydrogen-bond acceptors (Lipinski definition) is 1. The molecule has 0 aromatic heterocycles. The van der Waals surface area contributed by atoms with E-state index in [0.717, 1.165) is 11.6 Å². The summed E-state index contributed by atoms with van der Waals surface area (Å²) >= 11 is 5.91. The van der Waals surface area contributed by atoms with Gasteiger partial charge in [0.25, 0.3) is 5.91 Å². The summed E-state index contributed by atoms with van der Waals surface area (Å²) in [5, 5.41) is 2.77. The van der Waals surface area contributed by atoms with Gasteiger partial charge in [0.1, 0.15) is 0 Å². The van der Waals surface area contributed by atoms with Crippen molar-refractivity contribution in [2.45, 2.75) is 19.4 Å². The molecule has 0 aliphatic rings. The molecule has 5 heteroatoms. The molecule has 23 heavy (non-hydrogen) atoms. The molecule has 0 saturated heterocycles. The van der Waals surface area contributed by atoms with Gasteiger partial charge in [0.05, 0.1) is 5.56 Å². The summed E-state index contributed by atoms with van der Waals surface area (Å²) in [6.07, 6.45) is 0.567. The molecule has 0 aliphatic carbocycles. The van der Waals surface area contributed by atoms with Gasteiger partial charge in [0, 0.05) is 11.9 Å². The fourth-order valence-electron chi connectivity index (χ4n) is 2.30. The Morgan fingerprint density at radius 1 is 1.13 bits per heavy atom. The summed E-state index contributed by atoms with van der Waals surface area (Å²) < 4.78 is 27.0. The van der Waals surface area contributed by atoms with Gasteiger partial charge < -0.3 is 5.32 Å². The zero-order valence-electron chi connectivity index (χ0n) is 12.7. The molecule has 2 nitrogen and oxygen atoms in total. The van der Waals surface area contributed by atoms with E-state index in [4.69, 9.17) is 11.6 Å². The molecule has 2 atom stereocenters. The van der Waals surface area contributed by atoms with Crippen molar-refractivity contribution in [1.82, 2.24) is 5.32 Å². The van der Waals surface area contributed by atoms with Crippen LogP contribution in [0.25, 0.3) is 0 Å². The van der Waals surface area contributed by atoms with Crippen LogP contribution < -0.4 is 5.32 Å². The van der Waals surface area contributed by atoms with E-state index >= 15 is 0 Å². The van der Waals surface area contributed by atoms with E-state index in [1.165, 1.54) is 12.1 Å². The van der Waals surface area contributed by atoms with Gasteiger partial charge in [-0.1, -0.05) is 43.3 Å². The van der Waals surface area contributed by atoms with Crippen LogP contribution in [-0.2, 0) is 6.42 Å². The minimum absolute atomic E-state index is 0.0163. The van der Waals surface area contributed by atoms with E-state index in [1.54, 1.807) is 0 Å². The molecule has 0 spiro atoms. The minimum atomic E-state index is -1.14. The maximum Gasteiger partial charge on any atom is 0.254 e. The summed E-state index contributed by atoms with van der Waals surface area (Å²) in [4.78, 5) is 12.3. The molecule has 0 saturated carbocycles. The summed E-state index contributed by atoms with van der Waals surface area (Å²) in [7, 11) is 0. The van der Waals surface area contributed by atoms with Crippen LogP contribution >= 0.6 is 11.6 Å². The predicted molar refractivity (Wildman–Crippen MR) is 87.6 cm³/mol. The second-order valence-electron chi connectivity index (χ2n) is 5.50. The molecule has 2 aromatic rings. The lowest BCUT2D eigenvalue weighted by atomic mass is 9.96. The number of alkyl halides is 1. The van der Waals surface area contributed by atoms with E-state index < -0.39 is 17.5 Å². The maximum absolute atomic E-state index is 13.8. The number of carbonyl (C=O) groups is 1. The summed E-state index contributed by atoms with van der Waals surface area (Å²) in [6.45, 7) is 1.91. The Morgan fingerprint density at radius 2 is 1.83 bits per heavy atom. The van der Waals surface area contributed by atoms with Crippen molar-refractivity contribution in [2.75, 3.05) is 5.88 Å². The van der Waals surface area contributed by atoms with Crippen LogP contribution in [0.4, 0.5) is 8.78 Å². The SMILES string of the molecule is CC(CCl)C(Cc1ccccc1)NC(=O)c1cccc(F)c1F. The molecule has 0 radical (unpaired) electrons. The predicted octanol–water partition coefficient (Wildman–Crippen LogP) is 4.18. The molecule has 1 amide bonds. The second kappa shape index (κ2) is 8.06. The summed E-state index contributed by atoms with van der Waals surface area (Å²) in [5.41, 5.74) is 0.735. The first-order chi connectivity index (χ1) is 11.0. The molecule has 122 valence electrons. The smallest absolute Gasteiger partial charge is 0.254 e. The topological polar surface area (TPSA) is 29.1 Å². The zero-order chi connectivity index (χ0) is 16.8. The minimum Gasteiger partial charge on any atom is -0.349 e. The Labute approximate surface area is 139 Å². The standard InChI is InChI=1S/C18H18ClF2NO/c1-12(11-19)16(10-13-6-3-2-4-7-13)22-18(23)14-8-5-9-15(20)17(14)21/h2-9,12,16H,10-11H2,1H3,(H,22,23). The average molecular weight is 338 g/mol. The third kappa shape index (κ3) is 4.52. The molecule has 1 N–H and O–H groups in total. The Morgan fingerprint density at radius 3 is 2.48 bits per heavy atom. The van der Waals surface area contributed by atoms with Gasteiger partial charge in [-0.25, -0.2) is 8.78 Å². The lowest BCUT2D eigenvalue weighted by molar-refractivity contribution is 0.0921. The van der Waals surface area contributed by atoms with Crippen molar-refractivity contribution >= 4 is 17.5 Å². The number of carbonyl (C=O) groups excluding carboxylic acids is 1. The maximum atomic E-state index is 13.8. The molecular formula is C18H18ClF2NO. The van der Waals surface area contributed by atoms with Crippen molar-refractivity contribution in [3.63, 3.8) is 0 Å². The van der Waals surface area contributed by atoms with Crippen LogP contribution in [-0.4, -0.2) is 17.8 Å². The monoisotopic (exact) mass is 337 g/mol. The van der Waals surface area contributed by atoms with E-state index in [2.05, 4.69) is 5.32 Å². The molecule has 0 aliphatic heterocycles. The first-order valence-electron chi connectivity index (χ1n) is 7.37. The van der Waals surface area contributed by atoms with Gasteiger partial charge in [-0.3, -0.25) is 4.79 Å². The van der Waals surface area contributed by atoms with Crippen LogP contribution in [0.3, 0.4) is 0 Å². The Hall–Kier alpha value is -1.94. The third-order valence-corrected chi connectivity index (χ3v) is 4.23.